The van der Waals surface area contributed by atoms with Crippen LogP contribution in [-0.4, -0.2) is 51.2 Å². The Morgan fingerprint density at radius 2 is 1.67 bits per heavy atom. The average molecular weight is 513 g/mol. The predicted octanol–water partition coefficient (Wildman–Crippen LogP) is 4.57. The first kappa shape index (κ1) is 26.2. The van der Waals surface area contributed by atoms with Crippen LogP contribution < -0.4 is 9.21 Å². The van der Waals surface area contributed by atoms with Crippen LogP contribution in [0.25, 0.3) is 11.0 Å². The molecule has 1 aliphatic heterocycles. The van der Waals surface area contributed by atoms with Gasteiger partial charge in [0, 0.05) is 51.9 Å². The predicted molar refractivity (Wildman–Crippen MR) is 143 cm³/mol. The number of carbonyl (C=O) groups is 1. The van der Waals surface area contributed by atoms with E-state index >= 15 is 0 Å². The van der Waals surface area contributed by atoms with E-state index in [9.17, 15) is 13.2 Å². The molecule has 1 fully saturated rings. The van der Waals surface area contributed by atoms with Crippen molar-refractivity contribution in [1.29, 1.82) is 0 Å². The summed E-state index contributed by atoms with van der Waals surface area (Å²) in [6.07, 6.45) is 2.06. The SMILES string of the molecule is CC(=O)N(C)c1ccc(S(=O)(=O)N(C)c2ccc3c(c2)nc(C(C)(C)C)n3CC2CCOCC2)cc1. The second-order valence-electron chi connectivity index (χ2n) is 10.6. The van der Waals surface area contributed by atoms with Crippen LogP contribution >= 0.6 is 0 Å². The van der Waals surface area contributed by atoms with Gasteiger partial charge in [-0.1, -0.05) is 20.8 Å². The summed E-state index contributed by atoms with van der Waals surface area (Å²) in [4.78, 5) is 18.2. The highest BCUT2D eigenvalue weighted by molar-refractivity contribution is 7.92. The summed E-state index contributed by atoms with van der Waals surface area (Å²) in [5, 5.41) is 0. The van der Waals surface area contributed by atoms with Gasteiger partial charge in [0.05, 0.1) is 21.6 Å². The Labute approximate surface area is 213 Å². The Morgan fingerprint density at radius 1 is 1.06 bits per heavy atom. The van der Waals surface area contributed by atoms with Gasteiger partial charge in [0.15, 0.2) is 0 Å². The molecule has 0 radical (unpaired) electrons. The zero-order chi connectivity index (χ0) is 26.3. The molecule has 9 heteroatoms. The molecule has 1 amide bonds. The monoisotopic (exact) mass is 512 g/mol. The molecule has 0 spiro atoms. The van der Waals surface area contributed by atoms with Crippen LogP contribution in [0.4, 0.5) is 11.4 Å². The van der Waals surface area contributed by atoms with E-state index in [1.54, 1.807) is 26.2 Å². The number of carbonyl (C=O) groups excluding carboxylic acids is 1. The van der Waals surface area contributed by atoms with E-state index in [1.165, 1.54) is 28.3 Å². The number of hydrogen-bond donors (Lipinski definition) is 0. The van der Waals surface area contributed by atoms with Gasteiger partial charge >= 0.3 is 0 Å². The zero-order valence-corrected chi connectivity index (χ0v) is 22.8. The molecular weight excluding hydrogens is 476 g/mol. The second-order valence-corrected chi connectivity index (χ2v) is 12.5. The fourth-order valence-corrected chi connectivity index (χ4v) is 5.77. The number of ether oxygens (including phenoxy) is 1. The number of fused-ring (bicyclic) bond motifs is 1. The lowest BCUT2D eigenvalue weighted by Crippen LogP contribution is -2.27. The molecule has 0 aliphatic carbocycles. The first-order chi connectivity index (χ1) is 16.9. The maximum absolute atomic E-state index is 13.4. The molecule has 4 rings (SSSR count). The summed E-state index contributed by atoms with van der Waals surface area (Å²) in [6.45, 7) is 10.4. The molecule has 2 heterocycles. The van der Waals surface area contributed by atoms with E-state index in [0.717, 1.165) is 49.5 Å². The van der Waals surface area contributed by atoms with Gasteiger partial charge in [-0.15, -0.1) is 0 Å². The Morgan fingerprint density at radius 3 is 2.25 bits per heavy atom. The minimum atomic E-state index is -3.80. The first-order valence-corrected chi connectivity index (χ1v) is 13.8. The number of anilines is 2. The lowest BCUT2D eigenvalue weighted by Gasteiger charge is -2.26. The van der Waals surface area contributed by atoms with Crippen molar-refractivity contribution in [3.63, 3.8) is 0 Å². The van der Waals surface area contributed by atoms with Crippen LogP contribution in [0.2, 0.25) is 0 Å². The van der Waals surface area contributed by atoms with Crippen molar-refractivity contribution in [2.75, 3.05) is 36.5 Å². The molecule has 194 valence electrons. The maximum atomic E-state index is 13.4. The second kappa shape index (κ2) is 9.86. The standard InChI is InChI=1S/C27H36N4O4S/c1-19(32)29(5)21-7-10-23(11-8-21)36(33,34)30(6)22-9-12-25-24(17-22)28-26(27(2,3)4)31(25)18-20-13-15-35-16-14-20/h7-12,17,20H,13-16,18H2,1-6H3. The fraction of sp³-hybridized carbons (Fsp3) is 0.481. The highest BCUT2D eigenvalue weighted by Crippen LogP contribution is 2.32. The van der Waals surface area contributed by atoms with Crippen LogP contribution in [0.3, 0.4) is 0 Å². The highest BCUT2D eigenvalue weighted by atomic mass is 32.2. The maximum Gasteiger partial charge on any atom is 0.264 e. The van der Waals surface area contributed by atoms with Crippen molar-refractivity contribution in [2.45, 2.75) is 57.4 Å². The Bertz CT molecular complexity index is 1350. The Hall–Kier alpha value is -2.91. The van der Waals surface area contributed by atoms with Gasteiger partial charge in [0.2, 0.25) is 5.91 Å². The zero-order valence-electron chi connectivity index (χ0n) is 22.0. The third-order valence-electron chi connectivity index (χ3n) is 6.90. The minimum Gasteiger partial charge on any atom is -0.381 e. The van der Waals surface area contributed by atoms with Crippen LogP contribution in [-0.2, 0) is 31.5 Å². The average Bonchev–Trinajstić information content (AvgIpc) is 3.21. The van der Waals surface area contributed by atoms with E-state index in [1.807, 2.05) is 18.2 Å². The number of benzene rings is 2. The smallest absolute Gasteiger partial charge is 0.264 e. The summed E-state index contributed by atoms with van der Waals surface area (Å²) < 4.78 is 35.9. The molecule has 1 aliphatic rings. The number of aromatic nitrogens is 2. The topological polar surface area (TPSA) is 84.7 Å². The van der Waals surface area contributed by atoms with Gasteiger partial charge < -0.3 is 14.2 Å². The van der Waals surface area contributed by atoms with Crippen molar-refractivity contribution >= 4 is 38.3 Å². The third kappa shape index (κ3) is 5.13. The molecular formula is C27H36N4O4S. The quantitative estimate of drug-likeness (QED) is 0.483. The summed E-state index contributed by atoms with van der Waals surface area (Å²) in [6, 6.07) is 12.0. The van der Waals surface area contributed by atoms with Crippen LogP contribution in [0.5, 0.6) is 0 Å². The first-order valence-electron chi connectivity index (χ1n) is 12.3. The van der Waals surface area contributed by atoms with Crippen molar-refractivity contribution < 1.29 is 17.9 Å². The van der Waals surface area contributed by atoms with E-state index in [-0.39, 0.29) is 16.2 Å². The van der Waals surface area contributed by atoms with E-state index in [2.05, 4.69) is 25.3 Å². The molecule has 0 N–H and O–H groups in total. The molecule has 8 nitrogen and oxygen atoms in total. The van der Waals surface area contributed by atoms with Crippen molar-refractivity contribution in [1.82, 2.24) is 9.55 Å². The van der Waals surface area contributed by atoms with Crippen molar-refractivity contribution in [3.8, 4) is 0 Å². The Balaban J connectivity index is 1.67. The fourth-order valence-electron chi connectivity index (χ4n) is 4.58. The highest BCUT2D eigenvalue weighted by Gasteiger charge is 2.27. The molecule has 0 saturated carbocycles. The van der Waals surface area contributed by atoms with Gasteiger partial charge in [-0.25, -0.2) is 13.4 Å². The number of sulfonamides is 1. The van der Waals surface area contributed by atoms with Gasteiger partial charge in [-0.05, 0) is 61.2 Å². The summed E-state index contributed by atoms with van der Waals surface area (Å²) in [5.74, 6) is 1.41. The number of amides is 1. The van der Waals surface area contributed by atoms with Gasteiger partial charge in [-0.3, -0.25) is 9.10 Å². The number of nitrogens with zero attached hydrogens (tertiary/aromatic N) is 4. The Kier molecular flexibility index (Phi) is 7.16. The van der Waals surface area contributed by atoms with Crippen LogP contribution in [0, 0.1) is 5.92 Å². The van der Waals surface area contributed by atoms with Crippen LogP contribution in [0.15, 0.2) is 47.4 Å². The third-order valence-corrected chi connectivity index (χ3v) is 8.70. The molecule has 3 aromatic rings. The molecule has 0 atom stereocenters. The summed E-state index contributed by atoms with van der Waals surface area (Å²) >= 11 is 0. The molecule has 1 aromatic heterocycles. The van der Waals surface area contributed by atoms with Crippen LogP contribution in [0.1, 0.15) is 46.4 Å². The number of hydrogen-bond acceptors (Lipinski definition) is 5. The van der Waals surface area contributed by atoms with Gasteiger partial charge in [0.25, 0.3) is 10.0 Å². The largest absolute Gasteiger partial charge is 0.381 e. The van der Waals surface area contributed by atoms with E-state index in [4.69, 9.17) is 9.72 Å². The van der Waals surface area contributed by atoms with E-state index in [0.29, 0.717) is 17.3 Å². The minimum absolute atomic E-state index is 0.123. The molecule has 36 heavy (non-hydrogen) atoms. The van der Waals surface area contributed by atoms with Crippen molar-refractivity contribution in [2.24, 2.45) is 5.92 Å². The lowest BCUT2D eigenvalue weighted by atomic mass is 9.94. The molecule has 0 bridgehead atoms. The van der Waals surface area contributed by atoms with Gasteiger partial charge in [0.1, 0.15) is 5.82 Å². The normalized spacial score (nSPS) is 15.3. The summed E-state index contributed by atoms with van der Waals surface area (Å²) in [7, 11) is -0.592. The lowest BCUT2D eigenvalue weighted by molar-refractivity contribution is -0.116. The number of imidazole rings is 1. The number of rotatable bonds is 6. The molecule has 2 aromatic carbocycles. The summed E-state index contributed by atoms with van der Waals surface area (Å²) in [5.41, 5.74) is 2.82. The van der Waals surface area contributed by atoms with E-state index < -0.39 is 10.0 Å². The van der Waals surface area contributed by atoms with Crippen molar-refractivity contribution in [3.05, 3.63) is 48.3 Å². The van der Waals surface area contributed by atoms with Gasteiger partial charge in [-0.2, -0.15) is 0 Å². The molecule has 1 saturated heterocycles. The molecule has 0 unspecified atom stereocenters.